The average molecular weight is 465 g/mol. The molecule has 1 aromatic heterocycles. The summed E-state index contributed by atoms with van der Waals surface area (Å²) in [5.41, 5.74) is -1.27. The summed E-state index contributed by atoms with van der Waals surface area (Å²) in [4.78, 5) is 47.5. The molecule has 1 aliphatic heterocycles. The molecule has 162 valence electrons. The third kappa shape index (κ3) is 6.34. The number of aliphatic hydroxyl groups is 1. The fourth-order valence-corrected chi connectivity index (χ4v) is 3.55. The number of H-pyrrole nitrogens is 1. The summed E-state index contributed by atoms with van der Waals surface area (Å²) in [7, 11) is -4.87. The number of rotatable bonds is 7. The van der Waals surface area contributed by atoms with Crippen molar-refractivity contribution in [1.82, 2.24) is 9.55 Å². The fraction of sp³-hybridized carbons (Fsp3) is 0.375. The Kier molecular flexibility index (Phi) is 8.36. The molecule has 0 radical (unpaired) electrons. The topological polar surface area (TPSA) is 186 Å². The Bertz CT molecular complexity index is 1100. The van der Waals surface area contributed by atoms with E-state index in [4.69, 9.17) is 13.8 Å². The number of nitro benzene ring substituents is 1. The van der Waals surface area contributed by atoms with Crippen molar-refractivity contribution >= 4 is 13.5 Å². The van der Waals surface area contributed by atoms with Crippen molar-refractivity contribution in [2.75, 3.05) is 6.61 Å². The molecule has 2 heterocycles. The van der Waals surface area contributed by atoms with Gasteiger partial charge in [0.1, 0.15) is 18.1 Å². The number of non-ortho nitro benzene ring substituents is 1. The number of hydrogen-bond donors (Lipinski definition) is 2. The van der Waals surface area contributed by atoms with Gasteiger partial charge in [-0.25, -0.2) is 4.79 Å². The molecule has 4 atom stereocenters. The first-order valence-corrected chi connectivity index (χ1v) is 10.1. The molecule has 13 nitrogen and oxygen atoms in total. The monoisotopic (exact) mass is 465 g/mol. The molecular formula is C16H17N3NaO10P. The maximum atomic E-state index is 12.0. The molecular weight excluding hydrogens is 448 g/mol. The number of phosphoric ester groups is 1. The van der Waals surface area contributed by atoms with Crippen LogP contribution in [0.5, 0.6) is 5.75 Å². The summed E-state index contributed by atoms with van der Waals surface area (Å²) in [6.07, 6.45) is -1.92. The maximum absolute atomic E-state index is 12.0. The second-order valence-electron chi connectivity index (χ2n) is 6.50. The van der Waals surface area contributed by atoms with Gasteiger partial charge in [0.05, 0.1) is 17.6 Å². The predicted molar refractivity (Wildman–Crippen MR) is 97.9 cm³/mol. The van der Waals surface area contributed by atoms with Crippen molar-refractivity contribution in [3.05, 3.63) is 67.0 Å². The van der Waals surface area contributed by atoms with E-state index < -0.39 is 49.0 Å². The van der Waals surface area contributed by atoms with Crippen LogP contribution in [-0.4, -0.2) is 38.4 Å². The van der Waals surface area contributed by atoms with Crippen molar-refractivity contribution in [2.24, 2.45) is 0 Å². The standard InChI is InChI=1S/C16H18N3O10P.Na/c1-9-7-18(16(22)17-15(9)21)14-6-12(20)13(28-14)8-27-30(25,26)29-11-4-2-10(3-5-11)19(23)24;/h2-5,7,12-14,20H,6,8H2,1H3,(H,25,26)(H,17,21,22);/q;+1/p-1/t12?,13-,14-;/m1./s1. The molecule has 2 N–H and O–H groups in total. The van der Waals surface area contributed by atoms with Crippen LogP contribution in [-0.2, 0) is 13.8 Å². The second-order valence-corrected chi connectivity index (χ2v) is 7.83. The molecule has 2 unspecified atom stereocenters. The molecule has 2 aromatic rings. The second kappa shape index (κ2) is 10.2. The van der Waals surface area contributed by atoms with E-state index in [0.29, 0.717) is 0 Å². The van der Waals surface area contributed by atoms with Gasteiger partial charge >= 0.3 is 43.1 Å². The smallest absolute Gasteiger partial charge is 0.746 e. The van der Waals surface area contributed by atoms with Crippen LogP contribution < -0.4 is 50.2 Å². The number of ether oxygens (including phenoxy) is 1. The van der Waals surface area contributed by atoms with E-state index in [1.54, 1.807) is 0 Å². The zero-order valence-corrected chi connectivity index (χ0v) is 19.4. The largest absolute Gasteiger partial charge is 1.00 e. The number of phosphoric acid groups is 1. The first kappa shape index (κ1) is 25.4. The van der Waals surface area contributed by atoms with E-state index in [1.807, 2.05) is 0 Å². The summed E-state index contributed by atoms with van der Waals surface area (Å²) in [5, 5.41) is 20.7. The van der Waals surface area contributed by atoms with E-state index in [2.05, 4.69) is 4.98 Å². The first-order valence-electron chi connectivity index (χ1n) is 8.61. The minimum Gasteiger partial charge on any atom is -0.746 e. The quantitative estimate of drug-likeness (QED) is 0.184. The molecule has 0 amide bonds. The first-order chi connectivity index (χ1) is 14.1. The molecule has 0 aliphatic carbocycles. The average Bonchev–Trinajstić information content (AvgIpc) is 3.03. The van der Waals surface area contributed by atoms with E-state index in [9.17, 15) is 34.3 Å². The number of nitrogens with one attached hydrogen (secondary N) is 1. The van der Waals surface area contributed by atoms with Gasteiger partial charge in [0.15, 0.2) is 0 Å². The van der Waals surface area contributed by atoms with E-state index >= 15 is 0 Å². The number of nitro groups is 1. The zero-order chi connectivity index (χ0) is 22.1. The van der Waals surface area contributed by atoms with Crippen LogP contribution in [0.3, 0.4) is 0 Å². The number of aromatic nitrogens is 2. The minimum atomic E-state index is -4.87. The molecule has 0 saturated carbocycles. The molecule has 3 rings (SSSR count). The van der Waals surface area contributed by atoms with Crippen LogP contribution >= 0.6 is 7.82 Å². The molecule has 1 aliphatic rings. The van der Waals surface area contributed by atoms with Crippen LogP contribution in [0.1, 0.15) is 18.2 Å². The fourth-order valence-electron chi connectivity index (χ4n) is 2.78. The van der Waals surface area contributed by atoms with Gasteiger partial charge < -0.3 is 23.8 Å². The Morgan fingerprint density at radius 2 is 2.00 bits per heavy atom. The summed E-state index contributed by atoms with van der Waals surface area (Å²) in [6.45, 7) is 0.895. The van der Waals surface area contributed by atoms with Crippen molar-refractivity contribution in [1.29, 1.82) is 0 Å². The SMILES string of the molecule is Cc1cn([C@H]2CC(O)[C@@H](COP(=O)([O-])Oc3ccc([N+](=O)[O-])cc3)O2)c(=O)[nH]c1=O.[Na+]. The van der Waals surface area contributed by atoms with Crippen molar-refractivity contribution in [2.45, 2.75) is 31.8 Å². The van der Waals surface area contributed by atoms with E-state index in [-0.39, 0.29) is 53.0 Å². The summed E-state index contributed by atoms with van der Waals surface area (Å²) < 4.78 is 28.0. The van der Waals surface area contributed by atoms with Crippen LogP contribution in [0.2, 0.25) is 0 Å². The molecule has 15 heteroatoms. The number of nitrogens with zero attached hydrogens (tertiary/aromatic N) is 2. The van der Waals surface area contributed by atoms with Gasteiger partial charge in [-0.15, -0.1) is 0 Å². The molecule has 1 fully saturated rings. The summed E-state index contributed by atoms with van der Waals surface area (Å²) in [6, 6.07) is 4.31. The minimum absolute atomic E-state index is 0. The Labute approximate surface area is 196 Å². The number of aliphatic hydroxyl groups excluding tert-OH is 1. The number of aryl methyl sites for hydroxylation is 1. The molecule has 1 saturated heterocycles. The van der Waals surface area contributed by atoms with Crippen LogP contribution in [0.15, 0.2) is 40.1 Å². The van der Waals surface area contributed by atoms with Crippen molar-refractivity contribution < 1.29 is 62.8 Å². The van der Waals surface area contributed by atoms with Gasteiger partial charge in [-0.1, -0.05) is 0 Å². The Hall–Kier alpha value is -1.83. The van der Waals surface area contributed by atoms with Crippen LogP contribution in [0, 0.1) is 17.0 Å². The van der Waals surface area contributed by atoms with E-state index in [1.165, 1.54) is 13.1 Å². The normalized spacial score (nSPS) is 22.4. The number of benzene rings is 1. The van der Waals surface area contributed by atoms with Gasteiger partial charge in [-0.05, 0) is 19.1 Å². The van der Waals surface area contributed by atoms with Gasteiger partial charge in [0.25, 0.3) is 11.2 Å². The van der Waals surface area contributed by atoms with Gasteiger partial charge in [-0.2, -0.15) is 0 Å². The Morgan fingerprint density at radius 1 is 1.35 bits per heavy atom. The predicted octanol–water partition coefficient (Wildman–Crippen LogP) is -3.03. The number of aromatic amines is 1. The van der Waals surface area contributed by atoms with Crippen LogP contribution in [0.25, 0.3) is 0 Å². The molecule has 0 bridgehead atoms. The third-order valence-corrected chi connectivity index (χ3v) is 5.22. The third-order valence-electron chi connectivity index (χ3n) is 4.32. The van der Waals surface area contributed by atoms with Crippen molar-refractivity contribution in [3.8, 4) is 5.75 Å². The molecule has 31 heavy (non-hydrogen) atoms. The molecule has 1 aromatic carbocycles. The van der Waals surface area contributed by atoms with Crippen molar-refractivity contribution in [3.63, 3.8) is 0 Å². The maximum Gasteiger partial charge on any atom is 1.00 e. The van der Waals surface area contributed by atoms with Gasteiger partial charge in [0.2, 0.25) is 0 Å². The van der Waals surface area contributed by atoms with E-state index in [0.717, 1.165) is 28.8 Å². The Balaban J connectivity index is 0.00000341. The number of hydrogen-bond acceptors (Lipinski definition) is 10. The van der Waals surface area contributed by atoms with Gasteiger partial charge in [0, 0.05) is 30.3 Å². The summed E-state index contributed by atoms with van der Waals surface area (Å²) >= 11 is 0. The van der Waals surface area contributed by atoms with Gasteiger partial charge in [-0.3, -0.25) is 29.0 Å². The zero-order valence-electron chi connectivity index (χ0n) is 16.5. The Morgan fingerprint density at radius 3 is 2.61 bits per heavy atom. The van der Waals surface area contributed by atoms with Crippen LogP contribution in [0.4, 0.5) is 5.69 Å². The molecule has 0 spiro atoms. The summed E-state index contributed by atoms with van der Waals surface area (Å²) in [5.74, 6) is -0.194.